The minimum absolute atomic E-state index is 0.735. The molecule has 0 aromatic carbocycles. The molecule has 0 amide bonds. The zero-order chi connectivity index (χ0) is 12.5. The molecule has 2 aromatic rings. The second-order valence-electron chi connectivity index (χ2n) is 5.30. The first-order chi connectivity index (χ1) is 8.76. The number of nitrogens with zero attached hydrogens (tertiary/aromatic N) is 4. The van der Waals surface area contributed by atoms with Crippen LogP contribution in [0.3, 0.4) is 0 Å². The van der Waals surface area contributed by atoms with Crippen molar-refractivity contribution < 1.29 is 0 Å². The fourth-order valence-electron chi connectivity index (χ4n) is 2.81. The van der Waals surface area contributed by atoms with Gasteiger partial charge in [0.25, 0.3) is 0 Å². The number of aromatic nitrogens is 3. The van der Waals surface area contributed by atoms with E-state index in [2.05, 4.69) is 51.7 Å². The minimum atomic E-state index is 0.735. The summed E-state index contributed by atoms with van der Waals surface area (Å²) < 4.78 is 2.13. The summed E-state index contributed by atoms with van der Waals surface area (Å²) in [5.41, 5.74) is 2.20. The van der Waals surface area contributed by atoms with Crippen LogP contribution in [0.2, 0.25) is 0 Å². The van der Waals surface area contributed by atoms with Gasteiger partial charge in [-0.25, -0.2) is 0 Å². The summed E-state index contributed by atoms with van der Waals surface area (Å²) in [6, 6.07) is 4.20. The first kappa shape index (κ1) is 11.7. The molecule has 1 saturated heterocycles. The topological polar surface area (TPSA) is 33.4 Å². The van der Waals surface area contributed by atoms with Gasteiger partial charge >= 0.3 is 0 Å². The number of likely N-dealkylation sites (tertiary alicyclic amines) is 1. The molecule has 0 bridgehead atoms. The quantitative estimate of drug-likeness (QED) is 0.827. The maximum absolute atomic E-state index is 4.35. The Labute approximate surface area is 108 Å². The monoisotopic (exact) mass is 244 g/mol. The molecular weight excluding hydrogens is 224 g/mol. The lowest BCUT2D eigenvalue weighted by molar-refractivity contribution is 0.340. The summed E-state index contributed by atoms with van der Waals surface area (Å²) in [7, 11) is 0. The first-order valence-electron chi connectivity index (χ1n) is 6.79. The molecule has 0 saturated carbocycles. The van der Waals surface area contributed by atoms with Gasteiger partial charge in [-0.3, -0.25) is 4.40 Å². The van der Waals surface area contributed by atoms with Crippen molar-refractivity contribution >= 4 is 5.65 Å². The van der Waals surface area contributed by atoms with Crippen LogP contribution in [0.25, 0.3) is 5.65 Å². The molecule has 2 aromatic heterocycles. The van der Waals surface area contributed by atoms with Gasteiger partial charge in [-0.1, -0.05) is 6.92 Å². The normalized spacial score (nSPS) is 20.9. The lowest BCUT2D eigenvalue weighted by Gasteiger charge is -2.12. The lowest BCUT2D eigenvalue weighted by Crippen LogP contribution is -2.20. The molecule has 1 unspecified atom stereocenters. The van der Waals surface area contributed by atoms with Crippen molar-refractivity contribution in [2.24, 2.45) is 5.92 Å². The maximum Gasteiger partial charge on any atom is 0.161 e. The predicted molar refractivity (Wildman–Crippen MR) is 71.6 cm³/mol. The van der Waals surface area contributed by atoms with E-state index in [4.69, 9.17) is 0 Å². The Bertz CT molecular complexity index is 546. The highest BCUT2D eigenvalue weighted by Gasteiger charge is 2.23. The van der Waals surface area contributed by atoms with Gasteiger partial charge in [0.15, 0.2) is 5.65 Å². The van der Waals surface area contributed by atoms with Crippen LogP contribution >= 0.6 is 0 Å². The highest BCUT2D eigenvalue weighted by molar-refractivity contribution is 5.40. The predicted octanol–water partition coefficient (Wildman–Crippen LogP) is 1.92. The van der Waals surface area contributed by atoms with Crippen LogP contribution in [-0.4, -0.2) is 39.1 Å². The molecule has 18 heavy (non-hydrogen) atoms. The molecular formula is C14H20N4. The summed E-state index contributed by atoms with van der Waals surface area (Å²) in [4.78, 5) is 2.51. The number of pyridine rings is 1. The number of fused-ring (bicyclic) bond motifs is 1. The molecule has 0 spiro atoms. The van der Waals surface area contributed by atoms with Gasteiger partial charge < -0.3 is 4.90 Å². The molecule has 1 atom stereocenters. The van der Waals surface area contributed by atoms with Crippen LogP contribution < -0.4 is 0 Å². The minimum Gasteiger partial charge on any atom is -0.303 e. The fraction of sp³-hybridized carbons (Fsp3) is 0.571. The van der Waals surface area contributed by atoms with Crippen molar-refractivity contribution in [1.82, 2.24) is 19.5 Å². The third kappa shape index (κ3) is 2.12. The molecule has 4 nitrogen and oxygen atoms in total. The number of rotatable bonds is 3. The van der Waals surface area contributed by atoms with Crippen molar-refractivity contribution in [1.29, 1.82) is 0 Å². The van der Waals surface area contributed by atoms with E-state index in [0.29, 0.717) is 0 Å². The van der Waals surface area contributed by atoms with E-state index in [1.165, 1.54) is 25.1 Å². The van der Waals surface area contributed by atoms with Gasteiger partial charge in [0.1, 0.15) is 5.82 Å². The van der Waals surface area contributed by atoms with Crippen molar-refractivity contribution in [3.63, 3.8) is 0 Å². The Morgan fingerprint density at radius 3 is 3.06 bits per heavy atom. The maximum atomic E-state index is 4.35. The summed E-state index contributed by atoms with van der Waals surface area (Å²) in [5, 5.41) is 8.61. The Morgan fingerprint density at radius 2 is 2.28 bits per heavy atom. The van der Waals surface area contributed by atoms with Gasteiger partial charge in [0.2, 0.25) is 0 Å². The Hall–Kier alpha value is -1.42. The van der Waals surface area contributed by atoms with E-state index in [1.807, 2.05) is 0 Å². The van der Waals surface area contributed by atoms with E-state index in [9.17, 15) is 0 Å². The Morgan fingerprint density at radius 1 is 1.39 bits per heavy atom. The van der Waals surface area contributed by atoms with Crippen molar-refractivity contribution in [2.45, 2.75) is 26.7 Å². The van der Waals surface area contributed by atoms with Crippen LogP contribution in [0, 0.1) is 12.8 Å². The molecule has 4 heteroatoms. The Balaban J connectivity index is 1.79. The van der Waals surface area contributed by atoms with Gasteiger partial charge in [0, 0.05) is 19.2 Å². The standard InChI is InChI=1S/C14H20N4/c1-3-17-6-5-12(10-17)9-14-16-15-13-8-11(2)4-7-18(13)14/h4,7-8,12H,3,5-6,9-10H2,1-2H3. The molecule has 3 rings (SSSR count). The Kier molecular flexibility index (Phi) is 3.04. The van der Waals surface area contributed by atoms with Crippen LogP contribution in [-0.2, 0) is 6.42 Å². The largest absolute Gasteiger partial charge is 0.303 e. The third-order valence-electron chi connectivity index (χ3n) is 3.92. The summed E-state index contributed by atoms with van der Waals surface area (Å²) in [6.45, 7) is 7.92. The van der Waals surface area contributed by atoms with Crippen molar-refractivity contribution in [3.05, 3.63) is 29.7 Å². The molecule has 0 aliphatic carbocycles. The van der Waals surface area contributed by atoms with E-state index in [0.717, 1.165) is 30.4 Å². The molecule has 96 valence electrons. The van der Waals surface area contributed by atoms with Crippen LogP contribution in [0.15, 0.2) is 18.3 Å². The highest BCUT2D eigenvalue weighted by Crippen LogP contribution is 2.20. The number of hydrogen-bond donors (Lipinski definition) is 0. The molecule has 0 radical (unpaired) electrons. The molecule has 0 N–H and O–H groups in total. The van der Waals surface area contributed by atoms with E-state index in [1.54, 1.807) is 0 Å². The summed E-state index contributed by atoms with van der Waals surface area (Å²) in [5.74, 6) is 1.84. The summed E-state index contributed by atoms with van der Waals surface area (Å²) in [6.07, 6.45) is 4.42. The average molecular weight is 244 g/mol. The number of aryl methyl sites for hydroxylation is 1. The van der Waals surface area contributed by atoms with Gasteiger partial charge in [-0.15, -0.1) is 10.2 Å². The average Bonchev–Trinajstić information content (AvgIpc) is 2.97. The van der Waals surface area contributed by atoms with Crippen molar-refractivity contribution in [3.8, 4) is 0 Å². The zero-order valence-electron chi connectivity index (χ0n) is 11.1. The van der Waals surface area contributed by atoms with E-state index >= 15 is 0 Å². The molecule has 3 heterocycles. The molecule has 1 aliphatic rings. The SMILES string of the molecule is CCN1CCC(Cc2nnc3cc(C)ccn23)C1. The van der Waals surface area contributed by atoms with Gasteiger partial charge in [0.05, 0.1) is 0 Å². The second kappa shape index (κ2) is 4.69. The van der Waals surface area contributed by atoms with Gasteiger partial charge in [-0.05, 0) is 50.0 Å². The van der Waals surface area contributed by atoms with E-state index in [-0.39, 0.29) is 0 Å². The fourth-order valence-corrected chi connectivity index (χ4v) is 2.81. The van der Waals surface area contributed by atoms with Crippen LogP contribution in [0.1, 0.15) is 24.7 Å². The summed E-state index contributed by atoms with van der Waals surface area (Å²) >= 11 is 0. The second-order valence-corrected chi connectivity index (χ2v) is 5.30. The highest BCUT2D eigenvalue weighted by atomic mass is 15.2. The lowest BCUT2D eigenvalue weighted by atomic mass is 10.0. The number of hydrogen-bond acceptors (Lipinski definition) is 3. The first-order valence-corrected chi connectivity index (χ1v) is 6.79. The van der Waals surface area contributed by atoms with Crippen LogP contribution in [0.4, 0.5) is 0 Å². The zero-order valence-corrected chi connectivity index (χ0v) is 11.1. The molecule has 1 fully saturated rings. The van der Waals surface area contributed by atoms with E-state index < -0.39 is 0 Å². The van der Waals surface area contributed by atoms with Crippen LogP contribution in [0.5, 0.6) is 0 Å². The molecule has 1 aliphatic heterocycles. The van der Waals surface area contributed by atoms with Gasteiger partial charge in [-0.2, -0.15) is 0 Å². The third-order valence-corrected chi connectivity index (χ3v) is 3.92. The van der Waals surface area contributed by atoms with Crippen molar-refractivity contribution in [2.75, 3.05) is 19.6 Å². The smallest absolute Gasteiger partial charge is 0.161 e.